The van der Waals surface area contributed by atoms with E-state index in [1.807, 2.05) is 0 Å². The molecule has 0 saturated heterocycles. The normalized spacial score (nSPS) is 20.7. The van der Waals surface area contributed by atoms with Gasteiger partial charge >= 0.3 is 6.18 Å². The van der Waals surface area contributed by atoms with E-state index in [2.05, 4.69) is 4.99 Å². The minimum absolute atomic E-state index is 0.281. The Morgan fingerprint density at radius 2 is 1.86 bits per heavy atom. The summed E-state index contributed by atoms with van der Waals surface area (Å²) in [5, 5.41) is 0. The first-order chi connectivity index (χ1) is 10.3. The van der Waals surface area contributed by atoms with Gasteiger partial charge < -0.3 is 5.73 Å². The van der Waals surface area contributed by atoms with E-state index in [0.29, 0.717) is 23.2 Å². The zero-order chi connectivity index (χ0) is 16.0. The topological polar surface area (TPSA) is 38.4 Å². The molecule has 1 heterocycles. The number of alkyl halides is 3. The van der Waals surface area contributed by atoms with Crippen LogP contribution in [0.15, 0.2) is 17.1 Å². The summed E-state index contributed by atoms with van der Waals surface area (Å²) in [6, 6.07) is 2.96. The lowest BCUT2D eigenvalue weighted by molar-refractivity contribution is -0.138. The maximum absolute atomic E-state index is 13.2. The Morgan fingerprint density at radius 3 is 2.50 bits per heavy atom. The van der Waals surface area contributed by atoms with Crippen molar-refractivity contribution in [2.45, 2.75) is 63.6 Å². The third-order valence-corrected chi connectivity index (χ3v) is 4.74. The number of hydrogen-bond donors (Lipinski definition) is 1. The van der Waals surface area contributed by atoms with Gasteiger partial charge in [-0.25, -0.2) is 0 Å². The minimum atomic E-state index is -4.33. The fraction of sp³-hybridized carbons (Fsp3) is 0.588. The number of hydrogen-bond acceptors (Lipinski definition) is 2. The van der Waals surface area contributed by atoms with Gasteiger partial charge in [0.05, 0.1) is 11.3 Å². The van der Waals surface area contributed by atoms with Crippen molar-refractivity contribution in [2.24, 2.45) is 10.7 Å². The van der Waals surface area contributed by atoms with Crippen molar-refractivity contribution in [3.05, 3.63) is 28.8 Å². The average molecular weight is 310 g/mol. The highest BCUT2D eigenvalue weighted by Gasteiger charge is 2.37. The second-order valence-electron chi connectivity index (χ2n) is 6.76. The molecule has 1 aromatic rings. The molecule has 22 heavy (non-hydrogen) atoms. The Hall–Kier alpha value is -1.36. The second-order valence-corrected chi connectivity index (χ2v) is 6.76. The second kappa shape index (κ2) is 5.37. The summed E-state index contributed by atoms with van der Waals surface area (Å²) in [5.74, 6) is 0. The van der Waals surface area contributed by atoms with Crippen LogP contribution >= 0.6 is 0 Å². The standard InChI is InChI=1S/C17H21F3N2/c1-11-7-14(17(18,19)20)13-9-12(22-15(13)8-11)10-16(21)5-3-2-4-6-16/h7-8H,2-6,9-10,21H2,1H3. The lowest BCUT2D eigenvalue weighted by Gasteiger charge is -2.33. The third-order valence-electron chi connectivity index (χ3n) is 4.74. The number of halogens is 3. The Morgan fingerprint density at radius 1 is 1.18 bits per heavy atom. The molecule has 0 radical (unpaired) electrons. The fourth-order valence-electron chi connectivity index (χ4n) is 3.69. The molecule has 1 aromatic carbocycles. The Balaban J connectivity index is 1.86. The van der Waals surface area contributed by atoms with Crippen molar-refractivity contribution < 1.29 is 13.2 Å². The van der Waals surface area contributed by atoms with Gasteiger partial charge in [-0.1, -0.05) is 19.3 Å². The van der Waals surface area contributed by atoms with Crippen molar-refractivity contribution in [2.75, 3.05) is 0 Å². The van der Waals surface area contributed by atoms with E-state index in [1.54, 1.807) is 13.0 Å². The number of rotatable bonds is 2. The molecule has 2 N–H and O–H groups in total. The molecule has 1 aliphatic carbocycles. The van der Waals surface area contributed by atoms with Crippen LogP contribution in [0.4, 0.5) is 18.9 Å². The van der Waals surface area contributed by atoms with Gasteiger partial charge in [0.25, 0.3) is 0 Å². The molecule has 0 aromatic heterocycles. The highest BCUT2D eigenvalue weighted by Crippen LogP contribution is 2.41. The number of nitrogens with two attached hydrogens (primary N) is 1. The SMILES string of the molecule is Cc1cc2c(c(C(F)(F)F)c1)CC(CC1(N)CCCCC1)=N2. The quantitative estimate of drug-likeness (QED) is 0.845. The maximum atomic E-state index is 13.2. The first kappa shape index (κ1) is 15.5. The van der Waals surface area contributed by atoms with E-state index in [9.17, 15) is 13.2 Å². The van der Waals surface area contributed by atoms with Crippen LogP contribution in [-0.4, -0.2) is 11.3 Å². The van der Waals surface area contributed by atoms with Crippen molar-refractivity contribution >= 4 is 11.4 Å². The molecule has 2 aliphatic rings. The molecule has 1 saturated carbocycles. The van der Waals surface area contributed by atoms with Crippen molar-refractivity contribution in [1.29, 1.82) is 0 Å². The van der Waals surface area contributed by atoms with Crippen LogP contribution in [0.3, 0.4) is 0 Å². The van der Waals surface area contributed by atoms with Gasteiger partial charge in [0, 0.05) is 24.1 Å². The maximum Gasteiger partial charge on any atom is 0.416 e. The largest absolute Gasteiger partial charge is 0.416 e. The van der Waals surface area contributed by atoms with Gasteiger partial charge in [0.1, 0.15) is 0 Å². The zero-order valence-corrected chi connectivity index (χ0v) is 12.8. The molecule has 0 unspecified atom stereocenters. The van der Waals surface area contributed by atoms with Crippen molar-refractivity contribution in [3.63, 3.8) is 0 Å². The minimum Gasteiger partial charge on any atom is -0.325 e. The molecule has 0 spiro atoms. The molecule has 3 rings (SSSR count). The molecule has 2 nitrogen and oxygen atoms in total. The summed E-state index contributed by atoms with van der Waals surface area (Å²) in [4.78, 5) is 4.46. The van der Waals surface area contributed by atoms with Gasteiger partial charge in [-0.05, 0) is 43.0 Å². The van der Waals surface area contributed by atoms with Crippen LogP contribution in [-0.2, 0) is 12.6 Å². The van der Waals surface area contributed by atoms with Gasteiger partial charge in [0.15, 0.2) is 0 Å². The van der Waals surface area contributed by atoms with Crippen molar-refractivity contribution in [3.8, 4) is 0 Å². The number of benzene rings is 1. The number of aryl methyl sites for hydroxylation is 1. The molecule has 0 atom stereocenters. The van der Waals surface area contributed by atoms with E-state index < -0.39 is 11.7 Å². The Labute approximate surface area is 128 Å². The van der Waals surface area contributed by atoms with E-state index >= 15 is 0 Å². The molecular formula is C17H21F3N2. The van der Waals surface area contributed by atoms with Crippen LogP contribution in [0.5, 0.6) is 0 Å². The number of aliphatic imine (C=N–C) groups is 1. The van der Waals surface area contributed by atoms with Gasteiger partial charge in [-0.15, -0.1) is 0 Å². The smallest absolute Gasteiger partial charge is 0.325 e. The van der Waals surface area contributed by atoms with Gasteiger partial charge in [-0.2, -0.15) is 13.2 Å². The lowest BCUT2D eigenvalue weighted by Crippen LogP contribution is -2.43. The van der Waals surface area contributed by atoms with Gasteiger partial charge in [0.2, 0.25) is 0 Å². The number of fused-ring (bicyclic) bond motifs is 1. The summed E-state index contributed by atoms with van der Waals surface area (Å²) < 4.78 is 39.6. The van der Waals surface area contributed by atoms with E-state index in [-0.39, 0.29) is 12.0 Å². The number of nitrogens with zero attached hydrogens (tertiary/aromatic N) is 1. The molecule has 120 valence electrons. The van der Waals surface area contributed by atoms with E-state index in [0.717, 1.165) is 31.4 Å². The zero-order valence-electron chi connectivity index (χ0n) is 12.8. The van der Waals surface area contributed by atoms with Crippen LogP contribution in [0, 0.1) is 6.92 Å². The van der Waals surface area contributed by atoms with Crippen molar-refractivity contribution in [1.82, 2.24) is 0 Å². The fourth-order valence-corrected chi connectivity index (χ4v) is 3.69. The monoisotopic (exact) mass is 310 g/mol. The van der Waals surface area contributed by atoms with Crippen LogP contribution in [0.1, 0.15) is 55.2 Å². The summed E-state index contributed by atoms with van der Waals surface area (Å²) >= 11 is 0. The highest BCUT2D eigenvalue weighted by molar-refractivity contribution is 5.95. The molecule has 1 fully saturated rings. The molecule has 5 heteroatoms. The van der Waals surface area contributed by atoms with E-state index in [1.165, 1.54) is 12.5 Å². The third kappa shape index (κ3) is 3.05. The summed E-state index contributed by atoms with van der Waals surface area (Å²) in [5.41, 5.74) is 7.78. The van der Waals surface area contributed by atoms with Gasteiger partial charge in [-0.3, -0.25) is 4.99 Å². The van der Waals surface area contributed by atoms with Crippen LogP contribution < -0.4 is 5.73 Å². The first-order valence-electron chi connectivity index (χ1n) is 7.83. The average Bonchev–Trinajstić information content (AvgIpc) is 2.78. The summed E-state index contributed by atoms with van der Waals surface area (Å²) in [6.07, 6.45) is 1.84. The molecule has 0 amide bonds. The lowest BCUT2D eigenvalue weighted by atomic mass is 9.78. The Kier molecular flexibility index (Phi) is 3.79. The summed E-state index contributed by atoms with van der Waals surface area (Å²) in [6.45, 7) is 1.68. The highest BCUT2D eigenvalue weighted by atomic mass is 19.4. The molecule has 1 aliphatic heterocycles. The predicted molar refractivity (Wildman–Crippen MR) is 81.6 cm³/mol. The predicted octanol–water partition coefficient (Wildman–Crippen LogP) is 4.69. The first-order valence-corrected chi connectivity index (χ1v) is 7.83. The Bertz CT molecular complexity index is 611. The van der Waals surface area contributed by atoms with Crippen LogP contribution in [0.2, 0.25) is 0 Å². The summed E-state index contributed by atoms with van der Waals surface area (Å²) in [7, 11) is 0. The van der Waals surface area contributed by atoms with E-state index in [4.69, 9.17) is 5.73 Å². The van der Waals surface area contributed by atoms with Crippen LogP contribution in [0.25, 0.3) is 0 Å². The molecule has 0 bridgehead atoms. The molecular weight excluding hydrogens is 289 g/mol.